The van der Waals surface area contributed by atoms with Crippen LogP contribution in [0.25, 0.3) is 73.1 Å². The zero-order valence-electron chi connectivity index (χ0n) is 23.5. The number of furan rings is 1. The molecule has 0 saturated heterocycles. The second kappa shape index (κ2) is 10.3. The molecule has 0 bridgehead atoms. The van der Waals surface area contributed by atoms with Gasteiger partial charge in [-0.2, -0.15) is 0 Å². The van der Waals surface area contributed by atoms with E-state index >= 15 is 0 Å². The summed E-state index contributed by atoms with van der Waals surface area (Å²) in [6.45, 7) is 2.19. The molecule has 1 atom stereocenters. The standard InChI is InChI=1S/C38H26ClN3O/c1-23-12-17-30-33(20-23)43-35-32(39)19-18-31(34(30)35)38-41-36(25-10-6-3-7-11-25)40-37(42-38)29-16-15-27-21-26(13-14-28(27)22-29)24-8-4-2-5-9-24/h2-19,21-23H,20H2,1H3. The molecule has 4 nitrogen and oxygen atoms in total. The van der Waals surface area contributed by atoms with Crippen molar-refractivity contribution in [1.29, 1.82) is 0 Å². The number of nitrogens with zero attached hydrogens (tertiary/aromatic N) is 3. The van der Waals surface area contributed by atoms with Gasteiger partial charge in [-0.15, -0.1) is 0 Å². The molecule has 0 N–H and O–H groups in total. The van der Waals surface area contributed by atoms with Crippen molar-refractivity contribution in [1.82, 2.24) is 15.0 Å². The van der Waals surface area contributed by atoms with Crippen LogP contribution >= 0.6 is 11.6 Å². The Morgan fingerprint density at radius 2 is 1.28 bits per heavy atom. The Balaban J connectivity index is 1.31. The van der Waals surface area contributed by atoms with Crippen LogP contribution in [0.5, 0.6) is 0 Å². The Bertz CT molecular complexity index is 2190. The van der Waals surface area contributed by atoms with Crippen molar-refractivity contribution >= 4 is 39.4 Å². The molecule has 2 aromatic heterocycles. The van der Waals surface area contributed by atoms with Gasteiger partial charge in [0.05, 0.1) is 5.02 Å². The molecule has 206 valence electrons. The van der Waals surface area contributed by atoms with E-state index in [1.165, 1.54) is 11.1 Å². The maximum Gasteiger partial charge on any atom is 0.164 e. The van der Waals surface area contributed by atoms with E-state index in [2.05, 4.69) is 79.7 Å². The van der Waals surface area contributed by atoms with Crippen LogP contribution in [-0.2, 0) is 6.42 Å². The molecule has 1 unspecified atom stereocenters. The van der Waals surface area contributed by atoms with Gasteiger partial charge in [-0.1, -0.05) is 116 Å². The van der Waals surface area contributed by atoms with Crippen LogP contribution in [-0.4, -0.2) is 15.0 Å². The molecule has 5 aromatic carbocycles. The van der Waals surface area contributed by atoms with Crippen LogP contribution in [0.3, 0.4) is 0 Å². The first-order valence-corrected chi connectivity index (χ1v) is 14.8. The summed E-state index contributed by atoms with van der Waals surface area (Å²) in [5.41, 5.74) is 6.83. The van der Waals surface area contributed by atoms with E-state index in [0.717, 1.165) is 50.6 Å². The van der Waals surface area contributed by atoms with E-state index in [9.17, 15) is 0 Å². The fraction of sp³-hybridized carbons (Fsp3) is 0.0789. The molecule has 0 spiro atoms. The van der Waals surface area contributed by atoms with E-state index in [0.29, 0.717) is 34.0 Å². The maximum absolute atomic E-state index is 6.66. The lowest BCUT2D eigenvalue weighted by Crippen LogP contribution is -2.02. The van der Waals surface area contributed by atoms with Crippen LogP contribution < -0.4 is 0 Å². The summed E-state index contributed by atoms with van der Waals surface area (Å²) < 4.78 is 6.32. The van der Waals surface area contributed by atoms with Gasteiger partial charge in [0, 0.05) is 34.1 Å². The first kappa shape index (κ1) is 25.6. The number of hydrogen-bond acceptors (Lipinski definition) is 4. The number of aromatic nitrogens is 3. The lowest BCUT2D eigenvalue weighted by atomic mass is 9.93. The Labute approximate surface area is 254 Å². The number of benzene rings is 5. The summed E-state index contributed by atoms with van der Waals surface area (Å²) in [6, 6.07) is 37.3. The third kappa shape index (κ3) is 4.61. The minimum atomic E-state index is 0.403. The van der Waals surface area contributed by atoms with Gasteiger partial charge in [-0.25, -0.2) is 15.0 Å². The summed E-state index contributed by atoms with van der Waals surface area (Å²) in [5, 5.41) is 3.80. The average Bonchev–Trinajstić information content (AvgIpc) is 3.44. The molecule has 8 rings (SSSR count). The molecule has 0 saturated carbocycles. The fourth-order valence-electron chi connectivity index (χ4n) is 5.91. The molecule has 2 heterocycles. The highest BCUT2D eigenvalue weighted by Gasteiger charge is 2.24. The number of fused-ring (bicyclic) bond motifs is 4. The Morgan fingerprint density at radius 1 is 0.651 bits per heavy atom. The van der Waals surface area contributed by atoms with Crippen molar-refractivity contribution in [3.8, 4) is 45.3 Å². The van der Waals surface area contributed by atoms with Gasteiger partial charge >= 0.3 is 0 Å². The number of rotatable bonds is 4. The minimum Gasteiger partial charge on any atom is -0.459 e. The fourth-order valence-corrected chi connectivity index (χ4v) is 6.11. The minimum absolute atomic E-state index is 0.403. The highest BCUT2D eigenvalue weighted by atomic mass is 35.5. The van der Waals surface area contributed by atoms with Crippen molar-refractivity contribution in [3.63, 3.8) is 0 Å². The van der Waals surface area contributed by atoms with E-state index in [4.69, 9.17) is 31.0 Å². The van der Waals surface area contributed by atoms with E-state index in [1.807, 2.05) is 48.5 Å². The monoisotopic (exact) mass is 575 g/mol. The van der Waals surface area contributed by atoms with Crippen molar-refractivity contribution in [2.45, 2.75) is 13.3 Å². The Morgan fingerprint density at radius 3 is 2.02 bits per heavy atom. The Hall–Kier alpha value is -5.06. The van der Waals surface area contributed by atoms with Crippen molar-refractivity contribution in [3.05, 3.63) is 132 Å². The zero-order valence-corrected chi connectivity index (χ0v) is 24.2. The van der Waals surface area contributed by atoms with Crippen LogP contribution in [0.4, 0.5) is 0 Å². The smallest absolute Gasteiger partial charge is 0.164 e. The zero-order chi connectivity index (χ0) is 28.9. The summed E-state index contributed by atoms with van der Waals surface area (Å²) in [5.74, 6) is 3.16. The quantitative estimate of drug-likeness (QED) is 0.209. The van der Waals surface area contributed by atoms with Crippen molar-refractivity contribution in [2.24, 2.45) is 5.92 Å². The summed E-state index contributed by atoms with van der Waals surface area (Å²) in [7, 11) is 0. The summed E-state index contributed by atoms with van der Waals surface area (Å²) in [6.07, 6.45) is 5.19. The van der Waals surface area contributed by atoms with E-state index in [-0.39, 0.29) is 0 Å². The van der Waals surface area contributed by atoms with Crippen LogP contribution in [0.15, 0.2) is 120 Å². The number of hydrogen-bond donors (Lipinski definition) is 0. The van der Waals surface area contributed by atoms with Crippen LogP contribution in [0.1, 0.15) is 18.2 Å². The molecule has 0 amide bonds. The van der Waals surface area contributed by atoms with Crippen LogP contribution in [0, 0.1) is 5.92 Å². The molecule has 43 heavy (non-hydrogen) atoms. The molecule has 1 aliphatic carbocycles. The van der Waals surface area contributed by atoms with Gasteiger partial charge in [0.2, 0.25) is 0 Å². The Kier molecular flexibility index (Phi) is 6.16. The summed E-state index contributed by atoms with van der Waals surface area (Å²) in [4.78, 5) is 15.0. The van der Waals surface area contributed by atoms with Gasteiger partial charge in [0.15, 0.2) is 23.1 Å². The second-order valence-electron chi connectivity index (χ2n) is 11.1. The topological polar surface area (TPSA) is 51.8 Å². The highest BCUT2D eigenvalue weighted by molar-refractivity contribution is 6.35. The SMILES string of the molecule is CC1C=Cc2c(oc3c(Cl)ccc(-c4nc(-c5ccccc5)nc(-c5ccc6cc(-c7ccccc7)ccc6c5)n4)c23)C1. The van der Waals surface area contributed by atoms with Crippen molar-refractivity contribution < 1.29 is 4.42 Å². The molecule has 1 aliphatic rings. The van der Waals surface area contributed by atoms with Gasteiger partial charge in [-0.3, -0.25) is 0 Å². The summed E-state index contributed by atoms with van der Waals surface area (Å²) >= 11 is 6.66. The molecular formula is C38H26ClN3O. The predicted octanol–water partition coefficient (Wildman–Crippen LogP) is 10.3. The normalized spacial score (nSPS) is 14.3. The van der Waals surface area contributed by atoms with Crippen molar-refractivity contribution in [2.75, 3.05) is 0 Å². The molecule has 0 radical (unpaired) electrons. The van der Waals surface area contributed by atoms with Gasteiger partial charge in [-0.05, 0) is 52.1 Å². The molecule has 0 aliphatic heterocycles. The van der Waals surface area contributed by atoms with Gasteiger partial charge in [0.25, 0.3) is 0 Å². The van der Waals surface area contributed by atoms with Crippen LogP contribution in [0.2, 0.25) is 5.02 Å². The van der Waals surface area contributed by atoms with E-state index in [1.54, 1.807) is 0 Å². The number of halogens is 1. The number of allylic oxidation sites excluding steroid dienone is 1. The third-order valence-corrected chi connectivity index (χ3v) is 8.41. The molecule has 7 aromatic rings. The third-order valence-electron chi connectivity index (χ3n) is 8.12. The molecular weight excluding hydrogens is 550 g/mol. The van der Waals surface area contributed by atoms with Gasteiger partial charge in [0.1, 0.15) is 5.76 Å². The van der Waals surface area contributed by atoms with E-state index < -0.39 is 0 Å². The largest absolute Gasteiger partial charge is 0.459 e. The lowest BCUT2D eigenvalue weighted by molar-refractivity contribution is 0.513. The second-order valence-corrected chi connectivity index (χ2v) is 11.5. The highest BCUT2D eigenvalue weighted by Crippen LogP contribution is 2.41. The molecule has 0 fully saturated rings. The lowest BCUT2D eigenvalue weighted by Gasteiger charge is -2.12. The average molecular weight is 576 g/mol. The first-order chi connectivity index (χ1) is 21.1. The molecule has 5 heteroatoms. The predicted molar refractivity (Wildman–Crippen MR) is 176 cm³/mol. The first-order valence-electron chi connectivity index (χ1n) is 14.4. The maximum atomic E-state index is 6.66. The van der Waals surface area contributed by atoms with Gasteiger partial charge < -0.3 is 4.42 Å².